The van der Waals surface area contributed by atoms with Gasteiger partial charge in [-0.2, -0.15) is 4.99 Å². The molecule has 20 heavy (non-hydrogen) atoms. The number of hydrogen-bond acceptors (Lipinski definition) is 3. The second-order valence-electron chi connectivity index (χ2n) is 3.80. The Kier molecular flexibility index (Phi) is 4.30. The molecule has 0 unspecified atom stereocenters. The number of isothiocyanates is 1. The van der Waals surface area contributed by atoms with Crippen LogP contribution in [0.25, 0.3) is 0 Å². The molecule has 1 amide bonds. The lowest BCUT2D eigenvalue weighted by molar-refractivity contribution is 0.102. The highest BCUT2D eigenvalue weighted by Gasteiger charge is 2.13. The van der Waals surface area contributed by atoms with Gasteiger partial charge in [0.25, 0.3) is 5.91 Å². The van der Waals surface area contributed by atoms with E-state index in [9.17, 15) is 13.6 Å². The van der Waals surface area contributed by atoms with Gasteiger partial charge in [-0.1, -0.05) is 6.07 Å². The van der Waals surface area contributed by atoms with Crippen LogP contribution in [0.1, 0.15) is 10.4 Å². The van der Waals surface area contributed by atoms with Gasteiger partial charge in [0.1, 0.15) is 17.3 Å². The Bertz CT molecular complexity index is 675. The molecule has 0 aromatic heterocycles. The first-order valence-electron chi connectivity index (χ1n) is 5.55. The summed E-state index contributed by atoms with van der Waals surface area (Å²) in [4.78, 5) is 15.6. The molecule has 0 aliphatic heterocycles. The molecule has 0 aliphatic rings. The Morgan fingerprint density at radius 2 is 1.70 bits per heavy atom. The van der Waals surface area contributed by atoms with Crippen molar-refractivity contribution < 1.29 is 13.6 Å². The third-order valence-corrected chi connectivity index (χ3v) is 2.60. The molecular weight excluding hydrogens is 282 g/mol. The fraction of sp³-hybridized carbons (Fsp3) is 0. The number of carbonyl (C=O) groups excluding carboxylic acids is 1. The van der Waals surface area contributed by atoms with Gasteiger partial charge in [-0.25, -0.2) is 8.78 Å². The normalized spacial score (nSPS) is 9.70. The van der Waals surface area contributed by atoms with Gasteiger partial charge in [0.15, 0.2) is 0 Å². The third kappa shape index (κ3) is 3.12. The van der Waals surface area contributed by atoms with Crippen molar-refractivity contribution in [1.82, 2.24) is 0 Å². The van der Waals surface area contributed by atoms with Crippen molar-refractivity contribution in [2.24, 2.45) is 4.99 Å². The molecule has 0 fully saturated rings. The summed E-state index contributed by atoms with van der Waals surface area (Å²) in [5.41, 5.74) is 0.308. The van der Waals surface area contributed by atoms with Gasteiger partial charge in [-0.05, 0) is 48.6 Å². The molecule has 0 heterocycles. The molecule has 0 saturated heterocycles. The van der Waals surface area contributed by atoms with Gasteiger partial charge in [0.05, 0.1) is 10.8 Å². The lowest BCUT2D eigenvalue weighted by Gasteiger charge is -2.07. The predicted octanol–water partition coefficient (Wildman–Crippen LogP) is 3.95. The monoisotopic (exact) mass is 290 g/mol. The van der Waals surface area contributed by atoms with Crippen LogP contribution >= 0.6 is 12.2 Å². The number of halogens is 2. The summed E-state index contributed by atoms with van der Waals surface area (Å²) in [7, 11) is 0. The van der Waals surface area contributed by atoms with Crippen molar-refractivity contribution in [3.63, 3.8) is 0 Å². The molecule has 0 spiro atoms. The van der Waals surface area contributed by atoms with E-state index in [0.29, 0.717) is 5.69 Å². The number of amides is 1. The summed E-state index contributed by atoms with van der Waals surface area (Å²) in [6, 6.07) is 9.39. The number of rotatable bonds is 3. The lowest BCUT2D eigenvalue weighted by Crippen LogP contribution is -2.14. The number of thiocarbonyl (C=S) groups is 1. The van der Waals surface area contributed by atoms with E-state index in [4.69, 9.17) is 0 Å². The largest absolute Gasteiger partial charge is 0.317 e. The molecule has 2 rings (SSSR count). The van der Waals surface area contributed by atoms with Crippen LogP contribution in [-0.4, -0.2) is 11.1 Å². The molecule has 0 atom stereocenters. The number of nitrogens with one attached hydrogen (secondary N) is 1. The zero-order valence-corrected chi connectivity index (χ0v) is 10.9. The van der Waals surface area contributed by atoms with Gasteiger partial charge < -0.3 is 5.32 Å². The predicted molar refractivity (Wildman–Crippen MR) is 75.4 cm³/mol. The maximum Gasteiger partial charge on any atom is 0.255 e. The van der Waals surface area contributed by atoms with E-state index in [0.717, 1.165) is 12.1 Å². The first kappa shape index (κ1) is 14.0. The average molecular weight is 290 g/mol. The number of hydrogen-bond donors (Lipinski definition) is 1. The Balaban J connectivity index is 2.22. The molecule has 0 radical (unpaired) electrons. The minimum atomic E-state index is -0.833. The number of aliphatic imine (C=N–C) groups is 1. The molecule has 0 aliphatic carbocycles. The summed E-state index contributed by atoms with van der Waals surface area (Å²) < 4.78 is 26.8. The standard InChI is InChI=1S/C14H8F2N2OS/c15-11-2-1-3-12(16)13(11)18-14(19)9-4-6-10(7-5-9)17-8-20/h1-7H,(H,18,19). The lowest BCUT2D eigenvalue weighted by atomic mass is 10.2. The number of carbonyl (C=O) groups is 1. The van der Waals surface area contributed by atoms with E-state index < -0.39 is 23.2 Å². The van der Waals surface area contributed by atoms with E-state index in [-0.39, 0.29) is 5.56 Å². The number of para-hydroxylation sites is 1. The van der Waals surface area contributed by atoms with E-state index in [1.54, 1.807) is 12.1 Å². The van der Waals surface area contributed by atoms with Gasteiger partial charge in [-0.15, -0.1) is 0 Å². The summed E-state index contributed by atoms with van der Waals surface area (Å²) in [6.45, 7) is 0. The molecule has 0 bridgehead atoms. The van der Waals surface area contributed by atoms with Gasteiger partial charge in [-0.3, -0.25) is 4.79 Å². The van der Waals surface area contributed by atoms with Crippen LogP contribution in [0.2, 0.25) is 0 Å². The van der Waals surface area contributed by atoms with Gasteiger partial charge in [0, 0.05) is 5.56 Å². The van der Waals surface area contributed by atoms with Gasteiger partial charge in [0.2, 0.25) is 0 Å². The van der Waals surface area contributed by atoms with Crippen molar-refractivity contribution in [2.75, 3.05) is 5.32 Å². The SMILES string of the molecule is O=C(Nc1c(F)cccc1F)c1ccc(N=C=S)cc1. The zero-order chi connectivity index (χ0) is 14.5. The van der Waals surface area contributed by atoms with Crippen molar-refractivity contribution in [3.8, 4) is 0 Å². The van der Waals surface area contributed by atoms with Crippen LogP contribution in [0.5, 0.6) is 0 Å². The van der Waals surface area contributed by atoms with Crippen molar-refractivity contribution in [2.45, 2.75) is 0 Å². The third-order valence-electron chi connectivity index (χ3n) is 2.51. The maximum atomic E-state index is 13.4. The fourth-order valence-electron chi connectivity index (χ4n) is 1.54. The second kappa shape index (κ2) is 6.14. The van der Waals surface area contributed by atoms with E-state index >= 15 is 0 Å². The molecule has 1 N–H and O–H groups in total. The summed E-state index contributed by atoms with van der Waals surface area (Å²) in [5.74, 6) is -2.28. The van der Waals surface area contributed by atoms with Crippen LogP contribution in [0, 0.1) is 11.6 Å². The van der Waals surface area contributed by atoms with Crippen LogP contribution in [0.3, 0.4) is 0 Å². The maximum absolute atomic E-state index is 13.4. The van der Waals surface area contributed by atoms with Crippen molar-refractivity contribution in [3.05, 3.63) is 59.7 Å². The smallest absolute Gasteiger partial charge is 0.255 e. The molecule has 3 nitrogen and oxygen atoms in total. The highest BCUT2D eigenvalue weighted by molar-refractivity contribution is 7.78. The molecule has 100 valence electrons. The molecule has 0 saturated carbocycles. The average Bonchev–Trinajstić information content (AvgIpc) is 2.44. The summed E-state index contributed by atoms with van der Waals surface area (Å²) in [5, 5.41) is 4.39. The molecule has 2 aromatic rings. The Hall–Kier alpha value is -2.43. The highest BCUT2D eigenvalue weighted by Crippen LogP contribution is 2.19. The topological polar surface area (TPSA) is 41.5 Å². The van der Waals surface area contributed by atoms with E-state index in [1.807, 2.05) is 0 Å². The number of nitrogens with zero attached hydrogens (tertiary/aromatic N) is 1. The Morgan fingerprint density at radius 3 is 2.25 bits per heavy atom. The summed E-state index contributed by atoms with van der Waals surface area (Å²) in [6.07, 6.45) is 0. The van der Waals surface area contributed by atoms with Crippen LogP contribution < -0.4 is 5.32 Å². The minimum Gasteiger partial charge on any atom is -0.317 e. The van der Waals surface area contributed by atoms with Gasteiger partial charge >= 0.3 is 0 Å². The van der Waals surface area contributed by atoms with Crippen molar-refractivity contribution >= 4 is 34.7 Å². The quantitative estimate of drug-likeness (QED) is 0.687. The first-order valence-corrected chi connectivity index (χ1v) is 5.96. The minimum absolute atomic E-state index is 0.246. The first-order chi connectivity index (χ1) is 9.61. The Labute approximate surface area is 119 Å². The Morgan fingerprint density at radius 1 is 1.10 bits per heavy atom. The van der Waals surface area contributed by atoms with E-state index in [2.05, 4.69) is 27.7 Å². The summed E-state index contributed by atoms with van der Waals surface area (Å²) >= 11 is 4.45. The van der Waals surface area contributed by atoms with Crippen molar-refractivity contribution in [1.29, 1.82) is 0 Å². The van der Waals surface area contributed by atoms with E-state index in [1.165, 1.54) is 18.2 Å². The highest BCUT2D eigenvalue weighted by atomic mass is 32.1. The van der Waals surface area contributed by atoms with Crippen LogP contribution in [0.4, 0.5) is 20.2 Å². The zero-order valence-electron chi connectivity index (χ0n) is 10.1. The number of benzene rings is 2. The number of anilines is 1. The molecule has 6 heteroatoms. The second-order valence-corrected chi connectivity index (χ2v) is 3.98. The van der Waals surface area contributed by atoms with Crippen LogP contribution in [-0.2, 0) is 0 Å². The molecule has 2 aromatic carbocycles. The van der Waals surface area contributed by atoms with Crippen LogP contribution in [0.15, 0.2) is 47.5 Å². The molecular formula is C14H8F2N2OS. The fourth-order valence-corrected chi connectivity index (χ4v) is 1.65.